The van der Waals surface area contributed by atoms with Gasteiger partial charge in [-0.1, -0.05) is 0 Å². The molecule has 0 spiro atoms. The molecule has 1 aromatic heterocycles. The SMILES string of the molecule is CN(CCNCCc1ccsc1)CC1CCCOC1. The smallest absolute Gasteiger partial charge is 0.0506 e. The van der Waals surface area contributed by atoms with Gasteiger partial charge in [0.1, 0.15) is 0 Å². The van der Waals surface area contributed by atoms with Crippen LogP contribution in [-0.2, 0) is 11.2 Å². The van der Waals surface area contributed by atoms with Crippen molar-refractivity contribution in [1.29, 1.82) is 0 Å². The molecule has 1 atom stereocenters. The van der Waals surface area contributed by atoms with Crippen molar-refractivity contribution < 1.29 is 4.74 Å². The summed E-state index contributed by atoms with van der Waals surface area (Å²) in [5.74, 6) is 0.740. The third-order valence-corrected chi connectivity index (χ3v) is 4.40. The number of thiophene rings is 1. The highest BCUT2D eigenvalue weighted by Gasteiger charge is 2.15. The summed E-state index contributed by atoms with van der Waals surface area (Å²) in [4.78, 5) is 2.43. The summed E-state index contributed by atoms with van der Waals surface area (Å²) in [5.41, 5.74) is 1.45. The van der Waals surface area contributed by atoms with Crippen LogP contribution in [0, 0.1) is 5.92 Å². The fourth-order valence-corrected chi connectivity index (χ4v) is 3.25. The Bertz CT molecular complexity index is 323. The first kappa shape index (κ1) is 15.0. The minimum absolute atomic E-state index is 0.740. The van der Waals surface area contributed by atoms with Crippen molar-refractivity contribution in [2.75, 3.05) is 46.4 Å². The number of ether oxygens (including phenoxy) is 1. The number of rotatable bonds is 8. The van der Waals surface area contributed by atoms with Gasteiger partial charge in [0.05, 0.1) is 6.61 Å². The summed E-state index contributed by atoms with van der Waals surface area (Å²) < 4.78 is 5.53. The van der Waals surface area contributed by atoms with Crippen molar-refractivity contribution in [2.45, 2.75) is 19.3 Å². The monoisotopic (exact) mass is 282 g/mol. The molecule has 0 aromatic carbocycles. The quantitative estimate of drug-likeness (QED) is 0.740. The first-order chi connectivity index (χ1) is 9.34. The third-order valence-electron chi connectivity index (χ3n) is 3.67. The average Bonchev–Trinajstić information content (AvgIpc) is 2.92. The molecule has 2 rings (SSSR count). The van der Waals surface area contributed by atoms with Crippen LogP contribution in [0.3, 0.4) is 0 Å². The normalized spacial score (nSPS) is 20.0. The number of hydrogen-bond donors (Lipinski definition) is 1. The van der Waals surface area contributed by atoms with Crippen LogP contribution in [0.1, 0.15) is 18.4 Å². The molecule has 2 heterocycles. The van der Waals surface area contributed by atoms with Crippen LogP contribution in [0.25, 0.3) is 0 Å². The Balaban J connectivity index is 1.48. The van der Waals surface area contributed by atoms with Crippen LogP contribution < -0.4 is 5.32 Å². The molecular formula is C15H26N2OS. The van der Waals surface area contributed by atoms with Crippen LogP contribution in [0.4, 0.5) is 0 Å². The zero-order valence-corrected chi connectivity index (χ0v) is 12.8. The molecule has 108 valence electrons. The molecule has 1 aliphatic heterocycles. The maximum absolute atomic E-state index is 5.53. The molecular weight excluding hydrogens is 256 g/mol. The highest BCUT2D eigenvalue weighted by Crippen LogP contribution is 2.14. The lowest BCUT2D eigenvalue weighted by Gasteiger charge is -2.27. The summed E-state index contributed by atoms with van der Waals surface area (Å²) >= 11 is 1.78. The van der Waals surface area contributed by atoms with Crippen LogP contribution >= 0.6 is 11.3 Å². The maximum atomic E-state index is 5.53. The fourth-order valence-electron chi connectivity index (χ4n) is 2.55. The van der Waals surface area contributed by atoms with Crippen molar-refractivity contribution in [3.63, 3.8) is 0 Å². The first-order valence-electron chi connectivity index (χ1n) is 7.32. The van der Waals surface area contributed by atoms with Gasteiger partial charge in [-0.3, -0.25) is 0 Å². The number of hydrogen-bond acceptors (Lipinski definition) is 4. The van der Waals surface area contributed by atoms with Crippen molar-refractivity contribution in [2.24, 2.45) is 5.92 Å². The van der Waals surface area contributed by atoms with Gasteiger partial charge in [0.25, 0.3) is 0 Å². The highest BCUT2D eigenvalue weighted by molar-refractivity contribution is 7.07. The molecule has 4 heteroatoms. The molecule has 1 saturated heterocycles. The molecule has 0 amide bonds. The van der Waals surface area contributed by atoms with E-state index in [0.29, 0.717) is 0 Å². The van der Waals surface area contributed by atoms with E-state index in [-0.39, 0.29) is 0 Å². The summed E-state index contributed by atoms with van der Waals surface area (Å²) in [7, 11) is 2.22. The van der Waals surface area contributed by atoms with Gasteiger partial charge in [0.15, 0.2) is 0 Å². The van der Waals surface area contributed by atoms with E-state index in [1.54, 1.807) is 11.3 Å². The highest BCUT2D eigenvalue weighted by atomic mass is 32.1. The molecule has 0 saturated carbocycles. The fraction of sp³-hybridized carbons (Fsp3) is 0.733. The number of likely N-dealkylation sites (N-methyl/N-ethyl adjacent to an activating group) is 1. The Morgan fingerprint density at radius 1 is 1.47 bits per heavy atom. The van der Waals surface area contributed by atoms with Gasteiger partial charge in [0.2, 0.25) is 0 Å². The Morgan fingerprint density at radius 3 is 3.16 bits per heavy atom. The molecule has 1 aliphatic rings. The lowest BCUT2D eigenvalue weighted by molar-refractivity contribution is 0.0422. The van der Waals surface area contributed by atoms with Crippen LogP contribution in [-0.4, -0.2) is 51.3 Å². The van der Waals surface area contributed by atoms with Crippen molar-refractivity contribution in [3.8, 4) is 0 Å². The van der Waals surface area contributed by atoms with Crippen molar-refractivity contribution in [1.82, 2.24) is 10.2 Å². The number of nitrogens with one attached hydrogen (secondary N) is 1. The number of nitrogens with zero attached hydrogens (tertiary/aromatic N) is 1. The second-order valence-electron chi connectivity index (χ2n) is 5.48. The summed E-state index contributed by atoms with van der Waals surface area (Å²) in [6.07, 6.45) is 3.71. The molecule has 1 fully saturated rings. The second kappa shape index (κ2) is 8.69. The van der Waals surface area contributed by atoms with Gasteiger partial charge in [-0.15, -0.1) is 0 Å². The molecule has 19 heavy (non-hydrogen) atoms. The molecule has 0 aliphatic carbocycles. The van der Waals surface area contributed by atoms with Gasteiger partial charge in [0, 0.05) is 26.2 Å². The van der Waals surface area contributed by atoms with Gasteiger partial charge < -0.3 is 15.0 Å². The Hall–Kier alpha value is -0.420. The van der Waals surface area contributed by atoms with E-state index >= 15 is 0 Å². The predicted octanol–water partition coefficient (Wildman–Crippen LogP) is 2.24. The zero-order chi connectivity index (χ0) is 13.3. The topological polar surface area (TPSA) is 24.5 Å². The molecule has 1 N–H and O–H groups in total. The third kappa shape index (κ3) is 6.04. The lowest BCUT2D eigenvalue weighted by atomic mass is 10.0. The van der Waals surface area contributed by atoms with Crippen LogP contribution in [0.15, 0.2) is 16.8 Å². The lowest BCUT2D eigenvalue weighted by Crippen LogP contribution is -2.35. The van der Waals surface area contributed by atoms with E-state index in [1.165, 1.54) is 24.9 Å². The van der Waals surface area contributed by atoms with E-state index in [2.05, 4.69) is 34.1 Å². The summed E-state index contributed by atoms with van der Waals surface area (Å²) in [6, 6.07) is 2.21. The summed E-state index contributed by atoms with van der Waals surface area (Å²) in [5, 5.41) is 7.90. The molecule has 0 radical (unpaired) electrons. The zero-order valence-electron chi connectivity index (χ0n) is 11.9. The van der Waals surface area contributed by atoms with Crippen molar-refractivity contribution in [3.05, 3.63) is 22.4 Å². The van der Waals surface area contributed by atoms with Gasteiger partial charge in [-0.05, 0) is 61.2 Å². The van der Waals surface area contributed by atoms with E-state index in [9.17, 15) is 0 Å². The standard InChI is InChI=1S/C15H26N2OS/c1-17(11-15-3-2-9-18-12-15)8-7-16-6-4-14-5-10-19-13-14/h5,10,13,15-16H,2-4,6-9,11-12H2,1H3. The van der Waals surface area contributed by atoms with Gasteiger partial charge in [-0.2, -0.15) is 11.3 Å². The van der Waals surface area contributed by atoms with Gasteiger partial charge in [-0.25, -0.2) is 0 Å². The Morgan fingerprint density at radius 2 is 2.42 bits per heavy atom. The molecule has 0 bridgehead atoms. The van der Waals surface area contributed by atoms with E-state index in [0.717, 1.165) is 45.2 Å². The molecule has 1 aromatic rings. The van der Waals surface area contributed by atoms with E-state index < -0.39 is 0 Å². The molecule has 1 unspecified atom stereocenters. The second-order valence-corrected chi connectivity index (χ2v) is 6.26. The maximum Gasteiger partial charge on any atom is 0.0506 e. The van der Waals surface area contributed by atoms with E-state index in [1.807, 2.05) is 0 Å². The predicted molar refractivity (Wildman–Crippen MR) is 81.9 cm³/mol. The van der Waals surface area contributed by atoms with Crippen LogP contribution in [0.5, 0.6) is 0 Å². The van der Waals surface area contributed by atoms with Gasteiger partial charge >= 0.3 is 0 Å². The first-order valence-corrected chi connectivity index (χ1v) is 8.27. The van der Waals surface area contributed by atoms with Crippen LogP contribution in [0.2, 0.25) is 0 Å². The largest absolute Gasteiger partial charge is 0.381 e. The Labute approximate surface area is 121 Å². The van der Waals surface area contributed by atoms with E-state index in [4.69, 9.17) is 4.74 Å². The van der Waals surface area contributed by atoms with Crippen molar-refractivity contribution >= 4 is 11.3 Å². The minimum Gasteiger partial charge on any atom is -0.381 e. The minimum atomic E-state index is 0.740. The Kier molecular flexibility index (Phi) is 6.85. The summed E-state index contributed by atoms with van der Waals surface area (Å²) in [6.45, 7) is 6.37. The molecule has 3 nitrogen and oxygen atoms in total. The average molecular weight is 282 g/mol.